The summed E-state index contributed by atoms with van der Waals surface area (Å²) in [6.45, 7) is 0. The number of ether oxygens (including phenoxy) is 1. The Balaban J connectivity index is 2.60. The normalized spacial score (nSPS) is 10.3. The molecule has 0 atom stereocenters. The van der Waals surface area contributed by atoms with E-state index in [1.165, 1.54) is 19.4 Å². The van der Waals surface area contributed by atoms with Crippen LogP contribution in [0.25, 0.3) is 11.3 Å². The molecule has 0 radical (unpaired) electrons. The van der Waals surface area contributed by atoms with Gasteiger partial charge in [0.2, 0.25) is 0 Å². The van der Waals surface area contributed by atoms with Crippen LogP contribution in [-0.2, 0) is 0 Å². The summed E-state index contributed by atoms with van der Waals surface area (Å²) in [6.07, 6.45) is 1.22. The third-order valence-electron chi connectivity index (χ3n) is 2.21. The summed E-state index contributed by atoms with van der Waals surface area (Å²) in [5.74, 6) is -1.59. The Kier molecular flexibility index (Phi) is 2.86. The van der Waals surface area contributed by atoms with Gasteiger partial charge in [0.15, 0.2) is 11.6 Å². The van der Waals surface area contributed by atoms with E-state index in [0.717, 1.165) is 12.1 Å². The van der Waals surface area contributed by atoms with E-state index >= 15 is 0 Å². The van der Waals surface area contributed by atoms with Crippen molar-refractivity contribution in [3.05, 3.63) is 46.5 Å². The van der Waals surface area contributed by atoms with Crippen molar-refractivity contribution in [3.8, 4) is 17.0 Å². The number of nitrogens with one attached hydrogen (secondary N) is 1. The summed E-state index contributed by atoms with van der Waals surface area (Å²) in [5, 5.41) is 0. The summed E-state index contributed by atoms with van der Waals surface area (Å²) in [5.41, 5.74) is -0.523. The Labute approximate surface area is 94.9 Å². The molecule has 1 aromatic carbocycles. The molecule has 2 aromatic rings. The minimum Gasteiger partial charge on any atom is -0.494 e. The molecule has 0 aliphatic carbocycles. The van der Waals surface area contributed by atoms with E-state index in [1.54, 1.807) is 0 Å². The molecular weight excluding hydrogens is 230 g/mol. The zero-order valence-corrected chi connectivity index (χ0v) is 8.83. The summed E-state index contributed by atoms with van der Waals surface area (Å²) in [6, 6.07) is 3.26. The largest absolute Gasteiger partial charge is 0.494 e. The molecule has 1 heterocycles. The molecule has 0 saturated heterocycles. The quantitative estimate of drug-likeness (QED) is 0.866. The van der Waals surface area contributed by atoms with Gasteiger partial charge in [-0.2, -0.15) is 0 Å². The van der Waals surface area contributed by atoms with Gasteiger partial charge >= 0.3 is 5.69 Å². The Morgan fingerprint density at radius 3 is 2.71 bits per heavy atom. The van der Waals surface area contributed by atoms with Crippen LogP contribution in [0.15, 0.2) is 29.2 Å². The van der Waals surface area contributed by atoms with E-state index in [4.69, 9.17) is 0 Å². The molecule has 1 aromatic heterocycles. The first-order valence-electron chi connectivity index (χ1n) is 4.70. The molecule has 6 heteroatoms. The third kappa shape index (κ3) is 2.15. The van der Waals surface area contributed by atoms with Crippen LogP contribution in [0.3, 0.4) is 0 Å². The zero-order valence-electron chi connectivity index (χ0n) is 8.83. The van der Waals surface area contributed by atoms with Gasteiger partial charge in [-0.25, -0.2) is 18.6 Å². The highest BCUT2D eigenvalue weighted by Gasteiger charge is 2.12. The Morgan fingerprint density at radius 2 is 2.06 bits per heavy atom. The highest BCUT2D eigenvalue weighted by Crippen LogP contribution is 2.26. The molecular formula is C11H8F2N2O2. The first-order chi connectivity index (χ1) is 8.11. The number of aromatic nitrogens is 2. The molecule has 1 N–H and O–H groups in total. The zero-order chi connectivity index (χ0) is 12.4. The molecule has 4 nitrogen and oxygen atoms in total. The van der Waals surface area contributed by atoms with Gasteiger partial charge in [-0.15, -0.1) is 0 Å². The minimum atomic E-state index is -0.707. The van der Waals surface area contributed by atoms with Crippen molar-refractivity contribution < 1.29 is 13.5 Å². The molecule has 0 spiro atoms. The molecule has 0 amide bonds. The van der Waals surface area contributed by atoms with Crippen LogP contribution in [0.1, 0.15) is 0 Å². The van der Waals surface area contributed by atoms with Crippen LogP contribution in [-0.4, -0.2) is 17.1 Å². The van der Waals surface area contributed by atoms with Crippen LogP contribution < -0.4 is 10.4 Å². The highest BCUT2D eigenvalue weighted by atomic mass is 19.1. The molecule has 0 aliphatic heterocycles. The average Bonchev–Trinajstić information content (AvgIpc) is 2.31. The van der Waals surface area contributed by atoms with Crippen molar-refractivity contribution in [3.63, 3.8) is 0 Å². The molecule has 0 aliphatic rings. The lowest BCUT2D eigenvalue weighted by Crippen LogP contribution is -2.09. The third-order valence-corrected chi connectivity index (χ3v) is 2.21. The Bertz CT molecular complexity index is 611. The monoisotopic (exact) mass is 238 g/mol. The van der Waals surface area contributed by atoms with Gasteiger partial charge in [0, 0.05) is 17.8 Å². The number of hydrogen-bond donors (Lipinski definition) is 1. The molecule has 0 unspecified atom stereocenters. The predicted octanol–water partition coefficient (Wildman–Crippen LogP) is 1.72. The van der Waals surface area contributed by atoms with Crippen molar-refractivity contribution in [2.75, 3.05) is 7.11 Å². The number of H-pyrrole nitrogens is 1. The lowest BCUT2D eigenvalue weighted by atomic mass is 10.1. The Hall–Kier alpha value is -2.24. The van der Waals surface area contributed by atoms with Crippen LogP contribution in [0, 0.1) is 11.6 Å². The first-order valence-corrected chi connectivity index (χ1v) is 4.70. The molecule has 2 rings (SSSR count). The van der Waals surface area contributed by atoms with Gasteiger partial charge in [-0.1, -0.05) is 0 Å². The molecule has 88 valence electrons. The van der Waals surface area contributed by atoms with E-state index < -0.39 is 17.3 Å². The number of aromatic amines is 1. The fourth-order valence-electron chi connectivity index (χ4n) is 1.42. The molecule has 0 saturated carbocycles. The van der Waals surface area contributed by atoms with E-state index in [1.807, 2.05) is 0 Å². The highest BCUT2D eigenvalue weighted by molar-refractivity contribution is 5.60. The second-order valence-electron chi connectivity index (χ2n) is 3.26. The average molecular weight is 238 g/mol. The van der Waals surface area contributed by atoms with Crippen LogP contribution >= 0.6 is 0 Å². The number of nitrogens with zero attached hydrogens (tertiary/aromatic N) is 1. The number of hydrogen-bond acceptors (Lipinski definition) is 3. The van der Waals surface area contributed by atoms with Gasteiger partial charge in [0.1, 0.15) is 5.82 Å². The molecule has 17 heavy (non-hydrogen) atoms. The smallest absolute Gasteiger partial charge is 0.345 e. The lowest BCUT2D eigenvalue weighted by molar-refractivity contribution is 0.383. The van der Waals surface area contributed by atoms with Crippen molar-refractivity contribution >= 4 is 0 Å². The maximum Gasteiger partial charge on any atom is 0.345 e. The molecule has 0 bridgehead atoms. The topological polar surface area (TPSA) is 55.0 Å². The van der Waals surface area contributed by atoms with E-state index in [-0.39, 0.29) is 17.0 Å². The fraction of sp³-hybridized carbons (Fsp3) is 0.0909. The lowest BCUT2D eigenvalue weighted by Gasteiger charge is -2.06. The van der Waals surface area contributed by atoms with Crippen molar-refractivity contribution in [1.29, 1.82) is 0 Å². The molecule has 0 fully saturated rings. The van der Waals surface area contributed by atoms with Crippen LogP contribution in [0.2, 0.25) is 0 Å². The van der Waals surface area contributed by atoms with Crippen molar-refractivity contribution in [2.45, 2.75) is 0 Å². The second-order valence-corrected chi connectivity index (χ2v) is 3.26. The summed E-state index contributed by atoms with van der Waals surface area (Å²) in [4.78, 5) is 16.7. The Morgan fingerprint density at radius 1 is 1.29 bits per heavy atom. The van der Waals surface area contributed by atoms with E-state index in [2.05, 4.69) is 14.7 Å². The number of halogens is 2. The fourth-order valence-corrected chi connectivity index (χ4v) is 1.42. The predicted molar refractivity (Wildman–Crippen MR) is 56.8 cm³/mol. The number of methoxy groups -OCH3 is 1. The first kappa shape index (κ1) is 11.3. The summed E-state index contributed by atoms with van der Waals surface area (Å²) >= 11 is 0. The van der Waals surface area contributed by atoms with Gasteiger partial charge < -0.3 is 9.72 Å². The van der Waals surface area contributed by atoms with Crippen molar-refractivity contribution in [1.82, 2.24) is 9.97 Å². The maximum atomic E-state index is 13.6. The van der Waals surface area contributed by atoms with Gasteiger partial charge in [-0.05, 0) is 12.1 Å². The number of rotatable bonds is 2. The minimum absolute atomic E-state index is 0.0530. The van der Waals surface area contributed by atoms with Crippen molar-refractivity contribution in [2.24, 2.45) is 0 Å². The van der Waals surface area contributed by atoms with Crippen LogP contribution in [0.5, 0.6) is 5.75 Å². The summed E-state index contributed by atoms with van der Waals surface area (Å²) < 4.78 is 31.7. The SMILES string of the molecule is COc1cc(F)c(-c2ccnc(=O)[nH]2)cc1F. The van der Waals surface area contributed by atoms with Gasteiger partial charge in [-0.3, -0.25) is 0 Å². The maximum absolute atomic E-state index is 13.6. The standard InChI is InChI=1S/C11H8F2N2O2/c1-17-10-5-7(12)6(4-8(10)13)9-2-3-14-11(16)15-9/h2-5H,1H3,(H,14,15,16). The number of benzene rings is 1. The van der Waals surface area contributed by atoms with Gasteiger partial charge in [0.05, 0.1) is 12.8 Å². The van der Waals surface area contributed by atoms with E-state index in [0.29, 0.717) is 0 Å². The van der Waals surface area contributed by atoms with E-state index in [9.17, 15) is 13.6 Å². The second kappa shape index (κ2) is 4.32. The summed E-state index contributed by atoms with van der Waals surface area (Å²) in [7, 11) is 1.24. The van der Waals surface area contributed by atoms with Gasteiger partial charge in [0.25, 0.3) is 0 Å². The van der Waals surface area contributed by atoms with Crippen LogP contribution in [0.4, 0.5) is 8.78 Å².